The summed E-state index contributed by atoms with van der Waals surface area (Å²) in [5.41, 5.74) is 1.37. The van der Waals surface area contributed by atoms with E-state index in [0.29, 0.717) is 6.04 Å². The Morgan fingerprint density at radius 1 is 1.12 bits per heavy atom. The Hall–Kier alpha value is -1.48. The highest BCUT2D eigenvalue weighted by Crippen LogP contribution is 2.28. The van der Waals surface area contributed by atoms with Crippen LogP contribution < -0.4 is 5.32 Å². The lowest BCUT2D eigenvalue weighted by Crippen LogP contribution is -2.26. The van der Waals surface area contributed by atoms with Gasteiger partial charge in [0, 0.05) is 16.8 Å². The van der Waals surface area contributed by atoms with Gasteiger partial charge in [0.1, 0.15) is 0 Å². The van der Waals surface area contributed by atoms with Gasteiger partial charge in [-0.3, -0.25) is 0 Å². The van der Waals surface area contributed by atoms with Crippen LogP contribution in [0.2, 0.25) is 0 Å². The number of aromatic nitrogens is 2. The van der Waals surface area contributed by atoms with Gasteiger partial charge in [0.25, 0.3) is 0 Å². The fourth-order valence-electron chi connectivity index (χ4n) is 2.47. The quantitative estimate of drug-likeness (QED) is 0.790. The fourth-order valence-corrected chi connectivity index (χ4v) is 2.47. The number of piperidine rings is 1. The molecule has 0 aliphatic carbocycles. The Balaban J connectivity index is 2.08. The molecule has 16 heavy (non-hydrogen) atoms. The lowest BCUT2D eigenvalue weighted by atomic mass is 9.94. The SMILES string of the molecule is c1cc(C2CCCCN2)c2cnncc2c1. The van der Waals surface area contributed by atoms with E-state index in [0.717, 1.165) is 6.54 Å². The summed E-state index contributed by atoms with van der Waals surface area (Å²) >= 11 is 0. The van der Waals surface area contributed by atoms with Crippen LogP contribution in [-0.2, 0) is 0 Å². The van der Waals surface area contributed by atoms with Crippen molar-refractivity contribution in [3.63, 3.8) is 0 Å². The zero-order valence-electron chi connectivity index (χ0n) is 9.19. The Kier molecular flexibility index (Phi) is 2.54. The monoisotopic (exact) mass is 213 g/mol. The number of nitrogens with zero attached hydrogens (tertiary/aromatic N) is 2. The van der Waals surface area contributed by atoms with E-state index in [1.165, 1.54) is 35.6 Å². The second-order valence-corrected chi connectivity index (χ2v) is 4.34. The van der Waals surface area contributed by atoms with Crippen molar-refractivity contribution < 1.29 is 0 Å². The molecule has 1 atom stereocenters. The Morgan fingerprint density at radius 2 is 2.06 bits per heavy atom. The number of rotatable bonds is 1. The predicted octanol–water partition coefficient (Wildman–Crippen LogP) is 2.44. The van der Waals surface area contributed by atoms with Crippen LogP contribution in [0.5, 0.6) is 0 Å². The summed E-state index contributed by atoms with van der Waals surface area (Å²) in [5, 5.41) is 13.9. The summed E-state index contributed by atoms with van der Waals surface area (Å²) in [6.07, 6.45) is 7.54. The summed E-state index contributed by atoms with van der Waals surface area (Å²) in [7, 11) is 0. The van der Waals surface area contributed by atoms with Gasteiger partial charge in [-0.1, -0.05) is 24.6 Å². The Labute approximate surface area is 94.9 Å². The van der Waals surface area contributed by atoms with E-state index in [9.17, 15) is 0 Å². The summed E-state index contributed by atoms with van der Waals surface area (Å²) < 4.78 is 0. The van der Waals surface area contributed by atoms with E-state index in [1.54, 1.807) is 0 Å². The van der Waals surface area contributed by atoms with E-state index in [4.69, 9.17) is 0 Å². The summed E-state index contributed by atoms with van der Waals surface area (Å²) in [6, 6.07) is 6.89. The normalized spacial score (nSPS) is 21.1. The third kappa shape index (κ3) is 1.67. The second kappa shape index (κ2) is 4.18. The molecule has 0 bridgehead atoms. The molecule has 2 heterocycles. The van der Waals surface area contributed by atoms with Crippen molar-refractivity contribution in [1.29, 1.82) is 0 Å². The van der Waals surface area contributed by atoms with E-state index in [1.807, 2.05) is 12.4 Å². The third-order valence-electron chi connectivity index (χ3n) is 3.31. The van der Waals surface area contributed by atoms with Gasteiger partial charge in [0.15, 0.2) is 0 Å². The predicted molar refractivity (Wildman–Crippen MR) is 64.1 cm³/mol. The average Bonchev–Trinajstić information content (AvgIpc) is 2.39. The number of nitrogens with one attached hydrogen (secondary N) is 1. The number of hydrogen-bond acceptors (Lipinski definition) is 3. The van der Waals surface area contributed by atoms with Crippen molar-refractivity contribution >= 4 is 10.8 Å². The maximum Gasteiger partial charge on any atom is 0.0578 e. The van der Waals surface area contributed by atoms with E-state index in [-0.39, 0.29) is 0 Å². The van der Waals surface area contributed by atoms with Gasteiger partial charge in [-0.2, -0.15) is 10.2 Å². The molecule has 3 nitrogen and oxygen atoms in total. The topological polar surface area (TPSA) is 37.8 Å². The summed E-state index contributed by atoms with van der Waals surface area (Å²) in [6.45, 7) is 1.12. The molecule has 1 aliphatic heterocycles. The van der Waals surface area contributed by atoms with Gasteiger partial charge in [0.05, 0.1) is 12.4 Å². The lowest BCUT2D eigenvalue weighted by molar-refractivity contribution is 0.414. The smallest absolute Gasteiger partial charge is 0.0578 e. The van der Waals surface area contributed by atoms with Crippen molar-refractivity contribution in [1.82, 2.24) is 15.5 Å². The molecule has 1 fully saturated rings. The van der Waals surface area contributed by atoms with Crippen LogP contribution in [0.15, 0.2) is 30.6 Å². The Morgan fingerprint density at radius 3 is 2.94 bits per heavy atom. The largest absolute Gasteiger partial charge is 0.310 e. The maximum atomic E-state index is 3.99. The van der Waals surface area contributed by atoms with Crippen LogP contribution in [0.25, 0.3) is 10.8 Å². The zero-order valence-corrected chi connectivity index (χ0v) is 9.19. The van der Waals surface area contributed by atoms with E-state index >= 15 is 0 Å². The summed E-state index contributed by atoms with van der Waals surface area (Å²) in [5.74, 6) is 0. The molecule has 0 spiro atoms. The number of fused-ring (bicyclic) bond motifs is 1. The van der Waals surface area contributed by atoms with Crippen LogP contribution in [0.3, 0.4) is 0 Å². The lowest BCUT2D eigenvalue weighted by Gasteiger charge is -2.24. The third-order valence-corrected chi connectivity index (χ3v) is 3.31. The first-order chi connectivity index (χ1) is 7.95. The molecule has 2 aromatic rings. The number of benzene rings is 1. The molecule has 1 aromatic heterocycles. The highest BCUT2D eigenvalue weighted by Gasteiger charge is 2.16. The molecule has 3 rings (SSSR count). The van der Waals surface area contributed by atoms with Gasteiger partial charge in [-0.05, 0) is 24.9 Å². The minimum Gasteiger partial charge on any atom is -0.310 e. The second-order valence-electron chi connectivity index (χ2n) is 4.34. The van der Waals surface area contributed by atoms with Gasteiger partial charge in [-0.25, -0.2) is 0 Å². The van der Waals surface area contributed by atoms with Crippen LogP contribution >= 0.6 is 0 Å². The molecule has 1 aromatic carbocycles. The average molecular weight is 213 g/mol. The molecule has 1 saturated heterocycles. The minimum atomic E-state index is 0.488. The molecular formula is C13H15N3. The van der Waals surface area contributed by atoms with Crippen molar-refractivity contribution in [2.75, 3.05) is 6.54 Å². The fraction of sp³-hybridized carbons (Fsp3) is 0.385. The molecule has 0 amide bonds. The zero-order chi connectivity index (χ0) is 10.8. The van der Waals surface area contributed by atoms with Crippen LogP contribution in [-0.4, -0.2) is 16.7 Å². The highest BCUT2D eigenvalue weighted by atomic mass is 15.1. The first-order valence-corrected chi connectivity index (χ1v) is 5.88. The van der Waals surface area contributed by atoms with Crippen molar-refractivity contribution in [2.45, 2.75) is 25.3 Å². The molecule has 82 valence electrons. The first kappa shape index (κ1) is 9.73. The standard InChI is InChI=1S/C13H15N3/c1-2-7-14-13(6-1)11-5-3-4-10-8-15-16-9-12(10)11/h3-5,8-9,13-14H,1-2,6-7H2. The van der Waals surface area contributed by atoms with Gasteiger partial charge >= 0.3 is 0 Å². The van der Waals surface area contributed by atoms with Crippen molar-refractivity contribution in [3.8, 4) is 0 Å². The van der Waals surface area contributed by atoms with Gasteiger partial charge < -0.3 is 5.32 Å². The number of hydrogen-bond donors (Lipinski definition) is 1. The van der Waals surface area contributed by atoms with Crippen LogP contribution in [0, 0.1) is 0 Å². The molecule has 0 saturated carbocycles. The molecule has 1 aliphatic rings. The Bertz CT molecular complexity index is 484. The van der Waals surface area contributed by atoms with Gasteiger partial charge in [-0.15, -0.1) is 0 Å². The van der Waals surface area contributed by atoms with Crippen LogP contribution in [0.1, 0.15) is 30.9 Å². The maximum absolute atomic E-state index is 3.99. The molecule has 1 N–H and O–H groups in total. The first-order valence-electron chi connectivity index (χ1n) is 5.88. The minimum absolute atomic E-state index is 0.488. The van der Waals surface area contributed by atoms with Crippen molar-refractivity contribution in [2.24, 2.45) is 0 Å². The van der Waals surface area contributed by atoms with E-state index in [2.05, 4.69) is 33.7 Å². The highest BCUT2D eigenvalue weighted by molar-refractivity contribution is 5.84. The van der Waals surface area contributed by atoms with Crippen LogP contribution in [0.4, 0.5) is 0 Å². The molecule has 1 unspecified atom stereocenters. The van der Waals surface area contributed by atoms with Crippen molar-refractivity contribution in [3.05, 3.63) is 36.2 Å². The summed E-state index contributed by atoms with van der Waals surface area (Å²) in [4.78, 5) is 0. The van der Waals surface area contributed by atoms with E-state index < -0.39 is 0 Å². The van der Waals surface area contributed by atoms with Gasteiger partial charge in [0.2, 0.25) is 0 Å². The molecule has 0 radical (unpaired) electrons. The molecular weight excluding hydrogens is 198 g/mol. The molecule has 3 heteroatoms.